The molecule has 3 N–H and O–H groups in total. The van der Waals surface area contributed by atoms with Crippen molar-refractivity contribution in [1.82, 2.24) is 9.13 Å². The van der Waals surface area contributed by atoms with Crippen molar-refractivity contribution in [2.45, 2.75) is 26.9 Å². The quantitative estimate of drug-likeness (QED) is 0.583. The number of halogens is 1. The number of carbonyl (C=O) groups excluding carboxylic acids is 1. The highest BCUT2D eigenvalue weighted by Crippen LogP contribution is 2.16. The van der Waals surface area contributed by atoms with Gasteiger partial charge in [-0.1, -0.05) is 36.4 Å². The van der Waals surface area contributed by atoms with Gasteiger partial charge in [0.1, 0.15) is 17.2 Å². The maximum absolute atomic E-state index is 14.0. The Morgan fingerprint density at radius 3 is 2.43 bits per heavy atom. The summed E-state index contributed by atoms with van der Waals surface area (Å²) in [7, 11) is 0. The number of aromatic nitrogens is 2. The molecule has 0 spiro atoms. The number of hydrogen-bond donors (Lipinski definition) is 2. The Kier molecular flexibility index (Phi) is 6.15. The molecule has 0 radical (unpaired) electrons. The standard InChI is InChI=1S/C22H23FN4O3/c1-3-26-21(29)19(18(28)12-25-17-10-9-14(2)11-16(17)23)20(24)27(22(26)30)13-15-7-5-4-6-8-15/h4-11,25H,3,12-13,24H2,1-2H3. The fraction of sp³-hybridized carbons (Fsp3) is 0.227. The first-order valence-corrected chi connectivity index (χ1v) is 9.53. The van der Waals surface area contributed by atoms with E-state index in [1.165, 1.54) is 16.7 Å². The monoisotopic (exact) mass is 410 g/mol. The summed E-state index contributed by atoms with van der Waals surface area (Å²) in [6.07, 6.45) is 0. The molecular weight excluding hydrogens is 387 g/mol. The normalized spacial score (nSPS) is 10.8. The molecular formula is C22H23FN4O3. The molecule has 2 aromatic carbocycles. The summed E-state index contributed by atoms with van der Waals surface area (Å²) in [4.78, 5) is 38.3. The topological polar surface area (TPSA) is 99.1 Å². The molecule has 0 aliphatic rings. The number of Topliss-reactive ketones (excluding diaryl/α,β-unsaturated/α-hetero) is 1. The second kappa shape index (κ2) is 8.77. The summed E-state index contributed by atoms with van der Waals surface area (Å²) in [6.45, 7) is 3.26. The van der Waals surface area contributed by atoms with Crippen molar-refractivity contribution in [2.24, 2.45) is 0 Å². The summed E-state index contributed by atoms with van der Waals surface area (Å²) in [5.74, 6) is -1.33. The van der Waals surface area contributed by atoms with Gasteiger partial charge in [-0.2, -0.15) is 0 Å². The molecule has 0 aliphatic carbocycles. The number of benzene rings is 2. The van der Waals surface area contributed by atoms with Crippen LogP contribution in [0, 0.1) is 12.7 Å². The van der Waals surface area contributed by atoms with Crippen LogP contribution in [0.4, 0.5) is 15.9 Å². The second-order valence-electron chi connectivity index (χ2n) is 6.92. The number of anilines is 2. The lowest BCUT2D eigenvalue weighted by molar-refractivity contribution is 0.100. The van der Waals surface area contributed by atoms with E-state index >= 15 is 0 Å². The van der Waals surface area contributed by atoms with E-state index < -0.39 is 22.8 Å². The van der Waals surface area contributed by atoms with Crippen LogP contribution in [0.5, 0.6) is 0 Å². The molecule has 3 aromatic rings. The van der Waals surface area contributed by atoms with E-state index in [-0.39, 0.29) is 36.7 Å². The zero-order chi connectivity index (χ0) is 21.8. The number of hydrogen-bond acceptors (Lipinski definition) is 5. The Morgan fingerprint density at radius 2 is 1.80 bits per heavy atom. The molecule has 1 aromatic heterocycles. The van der Waals surface area contributed by atoms with E-state index in [2.05, 4.69) is 5.32 Å². The molecule has 0 saturated carbocycles. The van der Waals surface area contributed by atoms with Gasteiger partial charge >= 0.3 is 5.69 Å². The zero-order valence-electron chi connectivity index (χ0n) is 16.8. The van der Waals surface area contributed by atoms with E-state index in [4.69, 9.17) is 5.73 Å². The van der Waals surface area contributed by atoms with Crippen LogP contribution in [0.15, 0.2) is 58.1 Å². The van der Waals surface area contributed by atoms with Crippen LogP contribution in [0.1, 0.15) is 28.4 Å². The summed E-state index contributed by atoms with van der Waals surface area (Å²) >= 11 is 0. The molecule has 0 atom stereocenters. The minimum Gasteiger partial charge on any atom is -0.384 e. The molecule has 1 heterocycles. The fourth-order valence-electron chi connectivity index (χ4n) is 3.20. The van der Waals surface area contributed by atoms with E-state index in [0.29, 0.717) is 0 Å². The number of carbonyl (C=O) groups is 1. The Hall–Kier alpha value is -3.68. The van der Waals surface area contributed by atoms with Crippen molar-refractivity contribution >= 4 is 17.3 Å². The van der Waals surface area contributed by atoms with Gasteiger partial charge in [0.25, 0.3) is 5.56 Å². The molecule has 8 heteroatoms. The van der Waals surface area contributed by atoms with E-state index in [0.717, 1.165) is 15.7 Å². The van der Waals surface area contributed by atoms with E-state index in [1.807, 2.05) is 30.3 Å². The third-order valence-corrected chi connectivity index (χ3v) is 4.81. The van der Waals surface area contributed by atoms with Gasteiger partial charge in [-0.3, -0.25) is 18.7 Å². The van der Waals surface area contributed by atoms with E-state index in [1.54, 1.807) is 19.9 Å². The molecule has 0 unspecified atom stereocenters. The fourth-order valence-corrected chi connectivity index (χ4v) is 3.20. The van der Waals surface area contributed by atoms with Crippen LogP contribution in [-0.2, 0) is 13.1 Å². The van der Waals surface area contributed by atoms with Gasteiger partial charge in [0.2, 0.25) is 0 Å². The maximum atomic E-state index is 14.0. The van der Waals surface area contributed by atoms with Gasteiger partial charge in [-0.05, 0) is 37.1 Å². The van der Waals surface area contributed by atoms with Crippen LogP contribution in [0.3, 0.4) is 0 Å². The first kappa shape index (κ1) is 21.0. The van der Waals surface area contributed by atoms with Crippen molar-refractivity contribution in [2.75, 3.05) is 17.6 Å². The minimum absolute atomic E-state index is 0.0903. The molecule has 0 fully saturated rings. The lowest BCUT2D eigenvalue weighted by Gasteiger charge is -2.16. The zero-order valence-corrected chi connectivity index (χ0v) is 16.8. The van der Waals surface area contributed by atoms with Gasteiger partial charge in [0.05, 0.1) is 18.8 Å². The first-order valence-electron chi connectivity index (χ1n) is 9.53. The van der Waals surface area contributed by atoms with Crippen LogP contribution >= 0.6 is 0 Å². The summed E-state index contributed by atoms with van der Waals surface area (Å²) in [6, 6.07) is 13.7. The third-order valence-electron chi connectivity index (χ3n) is 4.81. The number of nitrogen functional groups attached to an aromatic ring is 1. The second-order valence-corrected chi connectivity index (χ2v) is 6.92. The Labute approximate surface area is 172 Å². The highest BCUT2D eigenvalue weighted by atomic mass is 19.1. The minimum atomic E-state index is -0.750. The molecule has 7 nitrogen and oxygen atoms in total. The lowest BCUT2D eigenvalue weighted by Crippen LogP contribution is -2.44. The molecule has 30 heavy (non-hydrogen) atoms. The Balaban J connectivity index is 1.98. The predicted molar refractivity (Wildman–Crippen MR) is 115 cm³/mol. The van der Waals surface area contributed by atoms with Crippen molar-refractivity contribution in [3.8, 4) is 0 Å². The van der Waals surface area contributed by atoms with Crippen LogP contribution < -0.4 is 22.3 Å². The average molecular weight is 410 g/mol. The highest BCUT2D eigenvalue weighted by Gasteiger charge is 2.22. The maximum Gasteiger partial charge on any atom is 0.332 e. The predicted octanol–water partition coefficient (Wildman–Crippen LogP) is 2.40. The van der Waals surface area contributed by atoms with Gasteiger partial charge in [0.15, 0.2) is 5.78 Å². The SMILES string of the molecule is CCn1c(=O)c(C(=O)CNc2ccc(C)cc2F)c(N)n(Cc2ccccc2)c1=O. The third kappa shape index (κ3) is 4.17. The summed E-state index contributed by atoms with van der Waals surface area (Å²) in [5.41, 5.74) is 6.16. The average Bonchev–Trinajstić information content (AvgIpc) is 2.71. The molecule has 156 valence electrons. The van der Waals surface area contributed by atoms with Gasteiger partial charge in [0, 0.05) is 6.54 Å². The largest absolute Gasteiger partial charge is 0.384 e. The van der Waals surface area contributed by atoms with Gasteiger partial charge in [-0.25, -0.2) is 9.18 Å². The Bertz CT molecular complexity index is 1200. The first-order chi connectivity index (χ1) is 14.3. The van der Waals surface area contributed by atoms with Crippen LogP contribution in [0.25, 0.3) is 0 Å². The van der Waals surface area contributed by atoms with E-state index in [9.17, 15) is 18.8 Å². The van der Waals surface area contributed by atoms with Crippen molar-refractivity contribution in [3.63, 3.8) is 0 Å². The molecule has 0 saturated heterocycles. The van der Waals surface area contributed by atoms with Crippen molar-refractivity contribution in [3.05, 3.63) is 91.9 Å². The van der Waals surface area contributed by atoms with Gasteiger partial charge in [-0.15, -0.1) is 0 Å². The van der Waals surface area contributed by atoms with Crippen molar-refractivity contribution < 1.29 is 9.18 Å². The lowest BCUT2D eigenvalue weighted by atomic mass is 10.1. The summed E-state index contributed by atoms with van der Waals surface area (Å²) in [5, 5.41) is 2.70. The molecule has 0 amide bonds. The number of nitrogens with two attached hydrogens (primary N) is 1. The number of aryl methyl sites for hydroxylation is 1. The van der Waals surface area contributed by atoms with Crippen LogP contribution in [0.2, 0.25) is 0 Å². The number of ketones is 1. The van der Waals surface area contributed by atoms with Gasteiger partial charge < -0.3 is 11.1 Å². The molecule has 0 aliphatic heterocycles. The molecule has 0 bridgehead atoms. The molecule has 3 rings (SSSR count). The number of nitrogens with zero attached hydrogens (tertiary/aromatic N) is 2. The van der Waals surface area contributed by atoms with Crippen LogP contribution in [-0.4, -0.2) is 21.5 Å². The number of nitrogens with one attached hydrogen (secondary N) is 1. The number of rotatable bonds is 7. The summed E-state index contributed by atoms with van der Waals surface area (Å²) < 4.78 is 16.2. The smallest absolute Gasteiger partial charge is 0.332 e. The van der Waals surface area contributed by atoms with Crippen molar-refractivity contribution in [1.29, 1.82) is 0 Å². The highest BCUT2D eigenvalue weighted by molar-refractivity contribution is 6.02. The Morgan fingerprint density at radius 1 is 1.10 bits per heavy atom.